The van der Waals surface area contributed by atoms with Gasteiger partial charge in [-0.3, -0.25) is 4.79 Å². The highest BCUT2D eigenvalue weighted by Gasteiger charge is 2.57. The number of esters is 2. The molecular weight excluding hydrogens is 468 g/mol. The highest BCUT2D eigenvalue weighted by atomic mass is 79.9. The third-order valence-corrected chi connectivity index (χ3v) is 5.34. The molecule has 0 fully saturated rings. The van der Waals surface area contributed by atoms with Crippen molar-refractivity contribution in [2.75, 3.05) is 5.32 Å². The minimum Gasteiger partial charge on any atom is -0.457 e. The Kier molecular flexibility index (Phi) is 5.69. The number of carbonyl (C=O) groups is 3. The van der Waals surface area contributed by atoms with E-state index in [-0.39, 0.29) is 17.0 Å². The number of fused-ring (bicyclic) bond motifs is 2. The Balaban J connectivity index is 2.30. The van der Waals surface area contributed by atoms with Crippen LogP contribution in [0.15, 0.2) is 45.5 Å². The van der Waals surface area contributed by atoms with Gasteiger partial charge >= 0.3 is 11.9 Å². The van der Waals surface area contributed by atoms with Crippen LogP contribution >= 0.6 is 15.9 Å². The van der Waals surface area contributed by atoms with E-state index in [2.05, 4.69) is 21.2 Å². The van der Waals surface area contributed by atoms with Crippen LogP contribution in [-0.4, -0.2) is 29.6 Å². The van der Waals surface area contributed by atoms with Gasteiger partial charge in [0.05, 0.1) is 11.8 Å². The first-order valence-corrected chi connectivity index (χ1v) is 10.5. The molecule has 1 aromatic carbocycles. The molecule has 8 nitrogen and oxygen atoms in total. The topological polar surface area (TPSA) is 117 Å². The summed E-state index contributed by atoms with van der Waals surface area (Å²) in [4.78, 5) is 39.1. The SMILES string of the molecule is CC1=C(C(=O)OC(C)C)OC(C(=O)OC(C)(C)C)=C(N)C12C(=O)Nc1ccc(Br)cc12. The molecule has 9 heteroatoms. The first-order chi connectivity index (χ1) is 14.3. The molecule has 2 heterocycles. The Labute approximate surface area is 188 Å². The zero-order valence-electron chi connectivity index (χ0n) is 18.2. The standard InChI is InChI=1S/C22H25BrN2O6/c1-10(2)29-18(26)15-11(3)22(13-9-12(23)7-8-14(13)25-20(22)28)17(24)16(30-15)19(27)31-21(4,5)6/h7-10H,24H2,1-6H3,(H,25,28). The molecule has 0 radical (unpaired) electrons. The van der Waals surface area contributed by atoms with E-state index >= 15 is 0 Å². The summed E-state index contributed by atoms with van der Waals surface area (Å²) in [7, 11) is 0. The van der Waals surface area contributed by atoms with Crippen LogP contribution in [0, 0.1) is 0 Å². The Bertz CT molecular complexity index is 1050. The smallest absolute Gasteiger partial charge is 0.376 e. The van der Waals surface area contributed by atoms with Crippen LogP contribution in [0.2, 0.25) is 0 Å². The number of rotatable bonds is 3. The zero-order valence-corrected chi connectivity index (χ0v) is 19.8. The number of nitrogens with one attached hydrogen (secondary N) is 1. The summed E-state index contributed by atoms with van der Waals surface area (Å²) < 4.78 is 17.1. The predicted molar refractivity (Wildman–Crippen MR) is 117 cm³/mol. The Morgan fingerprint density at radius 3 is 2.42 bits per heavy atom. The number of amides is 1. The van der Waals surface area contributed by atoms with Crippen LogP contribution in [0.4, 0.5) is 5.69 Å². The van der Waals surface area contributed by atoms with Gasteiger partial charge in [0, 0.05) is 21.3 Å². The molecule has 0 bridgehead atoms. The largest absolute Gasteiger partial charge is 0.457 e. The van der Waals surface area contributed by atoms with Crippen molar-refractivity contribution >= 4 is 39.5 Å². The highest BCUT2D eigenvalue weighted by molar-refractivity contribution is 9.10. The van der Waals surface area contributed by atoms with E-state index in [0.29, 0.717) is 15.7 Å². The molecule has 0 saturated carbocycles. The number of ether oxygens (including phenoxy) is 3. The van der Waals surface area contributed by atoms with Gasteiger partial charge < -0.3 is 25.3 Å². The molecule has 1 spiro atoms. The Hall–Kier alpha value is -2.81. The number of halogens is 1. The lowest BCUT2D eigenvalue weighted by Crippen LogP contribution is -2.47. The summed E-state index contributed by atoms with van der Waals surface area (Å²) in [5, 5.41) is 2.79. The molecule has 1 amide bonds. The van der Waals surface area contributed by atoms with E-state index in [1.165, 1.54) is 0 Å². The fourth-order valence-electron chi connectivity index (χ4n) is 3.63. The van der Waals surface area contributed by atoms with Gasteiger partial charge in [-0.15, -0.1) is 0 Å². The van der Waals surface area contributed by atoms with Gasteiger partial charge in [-0.2, -0.15) is 0 Å². The molecule has 2 aliphatic heterocycles. The first-order valence-electron chi connectivity index (χ1n) is 9.74. The van der Waals surface area contributed by atoms with Gasteiger partial charge in [0.25, 0.3) is 0 Å². The summed E-state index contributed by atoms with van der Waals surface area (Å²) >= 11 is 3.41. The summed E-state index contributed by atoms with van der Waals surface area (Å²) in [6.45, 7) is 9.98. The fraction of sp³-hybridized carbons (Fsp3) is 0.409. The lowest BCUT2D eigenvalue weighted by molar-refractivity contribution is -0.155. The van der Waals surface area contributed by atoms with Gasteiger partial charge in [0.2, 0.25) is 17.4 Å². The maximum Gasteiger partial charge on any atom is 0.376 e. The monoisotopic (exact) mass is 492 g/mol. The molecule has 3 N–H and O–H groups in total. The van der Waals surface area contributed by atoms with Gasteiger partial charge in [0.15, 0.2) is 0 Å². The van der Waals surface area contributed by atoms with E-state index in [1.54, 1.807) is 59.7 Å². The maximum atomic E-state index is 13.3. The van der Waals surface area contributed by atoms with E-state index in [1.807, 2.05) is 0 Å². The van der Waals surface area contributed by atoms with Crippen LogP contribution in [0.25, 0.3) is 0 Å². The lowest BCUT2D eigenvalue weighted by Gasteiger charge is -2.35. The van der Waals surface area contributed by atoms with Crippen LogP contribution in [0.5, 0.6) is 0 Å². The first kappa shape index (κ1) is 22.9. The summed E-state index contributed by atoms with van der Waals surface area (Å²) in [6.07, 6.45) is -0.445. The minimum atomic E-state index is -1.63. The number of hydrogen-bond acceptors (Lipinski definition) is 7. The second-order valence-corrected chi connectivity index (χ2v) is 9.56. The van der Waals surface area contributed by atoms with Crippen molar-refractivity contribution in [2.45, 2.75) is 58.7 Å². The summed E-state index contributed by atoms with van der Waals surface area (Å²) in [5.74, 6) is -2.89. The van der Waals surface area contributed by atoms with Gasteiger partial charge in [-0.1, -0.05) is 15.9 Å². The highest BCUT2D eigenvalue weighted by Crippen LogP contribution is 2.51. The van der Waals surface area contributed by atoms with Gasteiger partial charge in [-0.05, 0) is 59.7 Å². The number of nitrogens with two attached hydrogens (primary N) is 1. The molecule has 31 heavy (non-hydrogen) atoms. The average molecular weight is 493 g/mol. The van der Waals surface area contributed by atoms with Crippen molar-refractivity contribution in [1.82, 2.24) is 0 Å². The van der Waals surface area contributed by atoms with Crippen molar-refractivity contribution < 1.29 is 28.6 Å². The van der Waals surface area contributed by atoms with Crippen LogP contribution in [0.3, 0.4) is 0 Å². The summed E-state index contributed by atoms with van der Waals surface area (Å²) in [6, 6.07) is 5.19. The molecule has 2 aliphatic rings. The van der Waals surface area contributed by atoms with E-state index in [4.69, 9.17) is 19.9 Å². The fourth-order valence-corrected chi connectivity index (χ4v) is 3.99. The van der Waals surface area contributed by atoms with Crippen molar-refractivity contribution in [3.63, 3.8) is 0 Å². The average Bonchev–Trinajstić information content (AvgIpc) is 2.90. The van der Waals surface area contributed by atoms with E-state index in [0.717, 1.165) is 0 Å². The number of hydrogen-bond donors (Lipinski definition) is 2. The molecule has 166 valence electrons. The maximum absolute atomic E-state index is 13.3. The molecule has 1 atom stereocenters. The normalized spacial score (nSPS) is 20.6. The molecule has 0 saturated heterocycles. The second-order valence-electron chi connectivity index (χ2n) is 8.65. The molecule has 0 aliphatic carbocycles. The minimum absolute atomic E-state index is 0.158. The second kappa shape index (κ2) is 7.71. The van der Waals surface area contributed by atoms with Crippen LogP contribution in [0.1, 0.15) is 47.1 Å². The van der Waals surface area contributed by atoms with Gasteiger partial charge in [0.1, 0.15) is 11.0 Å². The van der Waals surface area contributed by atoms with Crippen molar-refractivity contribution in [3.05, 3.63) is 51.0 Å². The Morgan fingerprint density at radius 1 is 1.19 bits per heavy atom. The van der Waals surface area contributed by atoms with E-state index < -0.39 is 40.7 Å². The predicted octanol–water partition coefficient (Wildman–Crippen LogP) is 3.41. The molecule has 3 rings (SSSR count). The molecule has 1 aromatic rings. The number of carbonyl (C=O) groups excluding carboxylic acids is 3. The lowest BCUT2D eigenvalue weighted by atomic mass is 9.71. The van der Waals surface area contributed by atoms with Crippen molar-refractivity contribution in [3.8, 4) is 0 Å². The molecule has 0 aromatic heterocycles. The zero-order chi connectivity index (χ0) is 23.3. The number of anilines is 1. The summed E-state index contributed by atoms with van der Waals surface area (Å²) in [5.41, 5.74) is 5.02. The van der Waals surface area contributed by atoms with Crippen LogP contribution in [-0.2, 0) is 34.0 Å². The quantitative estimate of drug-likeness (QED) is 0.620. The van der Waals surface area contributed by atoms with Gasteiger partial charge in [-0.25, -0.2) is 9.59 Å². The van der Waals surface area contributed by atoms with E-state index in [9.17, 15) is 14.4 Å². The molecule has 1 unspecified atom stereocenters. The Morgan fingerprint density at radius 2 is 1.84 bits per heavy atom. The molecular formula is C22H25BrN2O6. The third kappa shape index (κ3) is 3.82. The number of benzene rings is 1. The van der Waals surface area contributed by atoms with Crippen molar-refractivity contribution in [1.29, 1.82) is 0 Å². The van der Waals surface area contributed by atoms with Crippen molar-refractivity contribution in [2.24, 2.45) is 5.73 Å². The third-order valence-electron chi connectivity index (χ3n) is 4.84. The van der Waals surface area contributed by atoms with Crippen LogP contribution < -0.4 is 11.1 Å².